The van der Waals surface area contributed by atoms with Gasteiger partial charge >= 0.3 is 0 Å². The summed E-state index contributed by atoms with van der Waals surface area (Å²) in [6, 6.07) is 53.1. The van der Waals surface area contributed by atoms with E-state index in [0.717, 1.165) is 55.5 Å². The number of aromatic nitrogens is 3. The molecule has 4 nitrogen and oxygen atoms in total. The Balaban J connectivity index is 1.19. The Kier molecular flexibility index (Phi) is 6.97. The molecule has 0 N–H and O–H groups in total. The maximum absolute atomic E-state index is 6.53. The standard InChI is InChI=1S/C48H33N3O/c1-48-26-10-9-23-43(48)52-42-22-12-21-40(44(42)48)41-30-38(29-35-17-7-8-20-39(35)41)47-50-45(36-19-11-18-34(27-36)31-13-3-2-4-14-31)49-46(51-47)37-25-24-32-15-5-6-16-33(32)28-37/h2-30,43H,1H3. The lowest BCUT2D eigenvalue weighted by Crippen LogP contribution is -2.33. The zero-order chi connectivity index (χ0) is 34.6. The van der Waals surface area contributed by atoms with E-state index in [1.54, 1.807) is 0 Å². The smallest absolute Gasteiger partial charge is 0.164 e. The van der Waals surface area contributed by atoms with Gasteiger partial charge in [0.1, 0.15) is 11.9 Å². The van der Waals surface area contributed by atoms with Crippen LogP contribution in [0.3, 0.4) is 0 Å². The molecule has 1 aromatic heterocycles. The quantitative estimate of drug-likeness (QED) is 0.183. The van der Waals surface area contributed by atoms with E-state index in [0.29, 0.717) is 17.5 Å². The SMILES string of the molecule is CC12C=CC=CC1Oc1cccc(-c3cc(-c4nc(-c5cccc(-c6ccccc6)c5)nc(-c5ccc6ccccc6c5)n4)cc4ccccc34)c12. The second kappa shape index (κ2) is 12.0. The van der Waals surface area contributed by atoms with Crippen LogP contribution < -0.4 is 4.74 Å². The van der Waals surface area contributed by atoms with Gasteiger partial charge in [0, 0.05) is 22.3 Å². The van der Waals surface area contributed by atoms with Gasteiger partial charge in [0.05, 0.1) is 5.41 Å². The van der Waals surface area contributed by atoms with Gasteiger partial charge in [0.25, 0.3) is 0 Å². The lowest BCUT2D eigenvalue weighted by molar-refractivity contribution is 0.228. The van der Waals surface area contributed by atoms with Crippen LogP contribution in [0.25, 0.3) is 78.0 Å². The summed E-state index contributed by atoms with van der Waals surface area (Å²) in [5.41, 5.74) is 8.25. The minimum absolute atomic E-state index is 0.0506. The zero-order valence-electron chi connectivity index (χ0n) is 28.6. The fraction of sp³-hybridized carbons (Fsp3) is 0.0625. The van der Waals surface area contributed by atoms with E-state index < -0.39 is 0 Å². The van der Waals surface area contributed by atoms with Gasteiger partial charge in [-0.25, -0.2) is 15.0 Å². The molecular formula is C48H33N3O. The van der Waals surface area contributed by atoms with Crippen LogP contribution in [0.5, 0.6) is 5.75 Å². The molecular weight excluding hydrogens is 635 g/mol. The van der Waals surface area contributed by atoms with Crippen molar-refractivity contribution in [1.29, 1.82) is 0 Å². The highest BCUT2D eigenvalue weighted by molar-refractivity contribution is 6.01. The van der Waals surface area contributed by atoms with E-state index in [9.17, 15) is 0 Å². The van der Waals surface area contributed by atoms with Gasteiger partial charge in [-0.15, -0.1) is 0 Å². The summed E-state index contributed by atoms with van der Waals surface area (Å²) in [6.45, 7) is 2.27. The molecule has 0 spiro atoms. The van der Waals surface area contributed by atoms with E-state index >= 15 is 0 Å². The Morgan fingerprint density at radius 1 is 0.481 bits per heavy atom. The molecule has 0 amide bonds. The van der Waals surface area contributed by atoms with Gasteiger partial charge in [-0.1, -0.05) is 140 Å². The second-order valence-corrected chi connectivity index (χ2v) is 13.8. The third-order valence-electron chi connectivity index (χ3n) is 10.5. The molecule has 2 unspecified atom stereocenters. The Labute approximate surface area is 302 Å². The van der Waals surface area contributed by atoms with Crippen LogP contribution >= 0.6 is 0 Å². The first kappa shape index (κ1) is 30.2. The van der Waals surface area contributed by atoms with Gasteiger partial charge in [0.15, 0.2) is 17.5 Å². The molecule has 4 heteroatoms. The molecule has 2 aliphatic rings. The highest BCUT2D eigenvalue weighted by Crippen LogP contribution is 2.51. The van der Waals surface area contributed by atoms with Crippen LogP contribution in [0.15, 0.2) is 176 Å². The molecule has 1 aliphatic carbocycles. The van der Waals surface area contributed by atoms with Crippen LogP contribution in [0, 0.1) is 0 Å². The summed E-state index contributed by atoms with van der Waals surface area (Å²) in [5, 5.41) is 4.60. The number of fused-ring (bicyclic) bond motifs is 5. The van der Waals surface area contributed by atoms with Gasteiger partial charge < -0.3 is 4.74 Å². The van der Waals surface area contributed by atoms with Crippen molar-refractivity contribution in [2.45, 2.75) is 18.4 Å². The average Bonchev–Trinajstić information content (AvgIpc) is 3.53. The summed E-state index contributed by atoms with van der Waals surface area (Å²) in [4.78, 5) is 15.6. The number of benzene rings is 7. The monoisotopic (exact) mass is 667 g/mol. The molecule has 2 heterocycles. The van der Waals surface area contributed by atoms with Crippen LogP contribution in [0.2, 0.25) is 0 Å². The predicted octanol–water partition coefficient (Wildman–Crippen LogP) is 11.7. The van der Waals surface area contributed by atoms with E-state index in [1.807, 2.05) is 6.07 Å². The summed E-state index contributed by atoms with van der Waals surface area (Å²) in [6.07, 6.45) is 8.59. The second-order valence-electron chi connectivity index (χ2n) is 13.8. The van der Waals surface area contributed by atoms with Gasteiger partial charge in [0.2, 0.25) is 0 Å². The zero-order valence-corrected chi connectivity index (χ0v) is 28.6. The molecule has 0 bridgehead atoms. The van der Waals surface area contributed by atoms with Gasteiger partial charge in [-0.2, -0.15) is 0 Å². The van der Waals surface area contributed by atoms with Crippen molar-refractivity contribution in [1.82, 2.24) is 15.0 Å². The molecule has 1 aliphatic heterocycles. The number of hydrogen-bond acceptors (Lipinski definition) is 4. The minimum Gasteiger partial charge on any atom is -0.485 e. The molecule has 2 atom stereocenters. The lowest BCUT2D eigenvalue weighted by atomic mass is 9.73. The first-order valence-corrected chi connectivity index (χ1v) is 17.7. The van der Waals surface area contributed by atoms with Crippen molar-refractivity contribution in [2.24, 2.45) is 0 Å². The average molecular weight is 668 g/mol. The summed E-state index contributed by atoms with van der Waals surface area (Å²) >= 11 is 0. The third-order valence-corrected chi connectivity index (χ3v) is 10.5. The van der Waals surface area contributed by atoms with Crippen molar-refractivity contribution < 1.29 is 4.74 Å². The Bertz CT molecular complexity index is 2750. The minimum atomic E-state index is -0.287. The molecule has 8 aromatic rings. The summed E-state index contributed by atoms with van der Waals surface area (Å²) in [5.74, 6) is 2.81. The van der Waals surface area contributed by atoms with Crippen molar-refractivity contribution in [3.8, 4) is 62.2 Å². The molecule has 0 fully saturated rings. The molecule has 0 radical (unpaired) electrons. The van der Waals surface area contributed by atoms with Crippen LogP contribution in [0.1, 0.15) is 12.5 Å². The van der Waals surface area contributed by atoms with E-state index in [-0.39, 0.29) is 11.5 Å². The van der Waals surface area contributed by atoms with Crippen LogP contribution in [-0.2, 0) is 5.41 Å². The lowest BCUT2D eigenvalue weighted by Gasteiger charge is -2.28. The molecule has 7 aromatic carbocycles. The van der Waals surface area contributed by atoms with Crippen LogP contribution in [-0.4, -0.2) is 21.1 Å². The third kappa shape index (κ3) is 5.03. The number of allylic oxidation sites excluding steroid dienone is 2. The fourth-order valence-corrected chi connectivity index (χ4v) is 7.87. The fourth-order valence-electron chi connectivity index (χ4n) is 7.87. The molecule has 0 saturated carbocycles. The van der Waals surface area contributed by atoms with E-state index in [4.69, 9.17) is 19.7 Å². The highest BCUT2D eigenvalue weighted by atomic mass is 16.5. The number of hydrogen-bond donors (Lipinski definition) is 0. The maximum atomic E-state index is 6.53. The largest absolute Gasteiger partial charge is 0.485 e. The Hall–Kier alpha value is -6.65. The first-order valence-electron chi connectivity index (χ1n) is 17.7. The van der Waals surface area contributed by atoms with Crippen molar-refractivity contribution in [3.05, 3.63) is 182 Å². The van der Waals surface area contributed by atoms with Gasteiger partial charge in [-0.3, -0.25) is 0 Å². The topological polar surface area (TPSA) is 47.9 Å². The normalized spacial score (nSPS) is 17.2. The maximum Gasteiger partial charge on any atom is 0.164 e. The van der Waals surface area contributed by atoms with Gasteiger partial charge in [-0.05, 0) is 87.1 Å². The molecule has 10 rings (SSSR count). The Morgan fingerprint density at radius 2 is 1.13 bits per heavy atom. The van der Waals surface area contributed by atoms with Crippen molar-refractivity contribution in [3.63, 3.8) is 0 Å². The van der Waals surface area contributed by atoms with Crippen molar-refractivity contribution >= 4 is 21.5 Å². The number of ether oxygens (including phenoxy) is 1. The molecule has 52 heavy (non-hydrogen) atoms. The predicted molar refractivity (Wildman–Crippen MR) is 212 cm³/mol. The summed E-state index contributed by atoms with van der Waals surface area (Å²) in [7, 11) is 0. The number of nitrogens with zero attached hydrogens (tertiary/aromatic N) is 3. The summed E-state index contributed by atoms with van der Waals surface area (Å²) < 4.78 is 6.53. The van der Waals surface area contributed by atoms with E-state index in [1.165, 1.54) is 16.3 Å². The Morgan fingerprint density at radius 3 is 1.98 bits per heavy atom. The highest BCUT2D eigenvalue weighted by Gasteiger charge is 2.44. The molecule has 246 valence electrons. The van der Waals surface area contributed by atoms with Crippen LogP contribution in [0.4, 0.5) is 0 Å². The van der Waals surface area contributed by atoms with E-state index in [2.05, 4.69) is 177 Å². The first-order chi connectivity index (χ1) is 25.6. The van der Waals surface area contributed by atoms with Crippen molar-refractivity contribution in [2.75, 3.05) is 0 Å². The number of rotatable bonds is 5. The molecule has 0 saturated heterocycles.